The molecule has 0 atom stereocenters. The highest BCUT2D eigenvalue weighted by atomic mass is 15.0. The fourth-order valence-corrected chi connectivity index (χ4v) is 3.30. The van der Waals surface area contributed by atoms with Crippen molar-refractivity contribution >= 4 is 0 Å². The smallest absolute Gasteiger partial charge is 0.00248 e. The highest BCUT2D eigenvalue weighted by molar-refractivity contribution is 4.49. The first kappa shape index (κ1) is 29.1. The van der Waals surface area contributed by atoms with Gasteiger partial charge in [-0.25, -0.2) is 0 Å². The van der Waals surface area contributed by atoms with Crippen molar-refractivity contribution in [1.82, 2.24) is 9.80 Å². The van der Waals surface area contributed by atoms with Crippen molar-refractivity contribution in [3.8, 4) is 0 Å². The van der Waals surface area contributed by atoms with Gasteiger partial charge >= 0.3 is 0 Å². The van der Waals surface area contributed by atoms with E-state index in [4.69, 9.17) is 0 Å². The zero-order valence-corrected chi connectivity index (χ0v) is 20.3. The molecule has 0 aliphatic carbocycles. The third-order valence-corrected chi connectivity index (χ3v) is 5.17. The van der Waals surface area contributed by atoms with Crippen LogP contribution in [0.3, 0.4) is 0 Å². The monoisotopic (exact) mass is 384 g/mol. The lowest BCUT2D eigenvalue weighted by Gasteiger charge is -2.08. The van der Waals surface area contributed by atoms with E-state index in [9.17, 15) is 0 Å². The molecule has 0 saturated heterocycles. The zero-order valence-electron chi connectivity index (χ0n) is 20.3. The van der Waals surface area contributed by atoms with Gasteiger partial charge < -0.3 is 9.80 Å². The van der Waals surface area contributed by atoms with Gasteiger partial charge in [0.25, 0.3) is 0 Å². The Balaban J connectivity index is 0. The van der Waals surface area contributed by atoms with Crippen LogP contribution < -0.4 is 0 Å². The van der Waals surface area contributed by atoms with E-state index in [2.05, 4.69) is 51.8 Å². The van der Waals surface area contributed by atoms with Gasteiger partial charge in [-0.3, -0.25) is 0 Å². The Morgan fingerprint density at radius 2 is 0.556 bits per heavy atom. The number of unbranched alkanes of at least 4 members (excludes halogenated alkanes) is 15. The molecule has 2 heteroatoms. The lowest BCUT2D eigenvalue weighted by Crippen LogP contribution is -2.12. The summed E-state index contributed by atoms with van der Waals surface area (Å²) in [5, 5.41) is 0. The van der Waals surface area contributed by atoms with Crippen molar-refractivity contribution < 1.29 is 0 Å². The summed E-state index contributed by atoms with van der Waals surface area (Å²) in [4.78, 5) is 4.55. The second-order valence-corrected chi connectivity index (χ2v) is 8.91. The fourth-order valence-electron chi connectivity index (χ4n) is 3.30. The molecule has 0 bridgehead atoms. The Morgan fingerprint density at radius 1 is 0.333 bits per heavy atom. The van der Waals surface area contributed by atoms with Crippen LogP contribution in [0.15, 0.2) is 0 Å². The van der Waals surface area contributed by atoms with Gasteiger partial charge in [0.15, 0.2) is 0 Å². The van der Waals surface area contributed by atoms with Crippen molar-refractivity contribution in [3.05, 3.63) is 0 Å². The third-order valence-electron chi connectivity index (χ3n) is 5.17. The zero-order chi connectivity index (χ0) is 20.6. The summed E-state index contributed by atoms with van der Waals surface area (Å²) in [5.74, 6) is 0. The van der Waals surface area contributed by atoms with Gasteiger partial charge in [0.1, 0.15) is 0 Å². The Labute approximate surface area is 174 Å². The van der Waals surface area contributed by atoms with E-state index in [1.54, 1.807) is 0 Å². The van der Waals surface area contributed by atoms with Crippen molar-refractivity contribution in [2.24, 2.45) is 0 Å². The van der Waals surface area contributed by atoms with Gasteiger partial charge in [-0.15, -0.1) is 0 Å². The maximum Gasteiger partial charge on any atom is -0.00248 e. The van der Waals surface area contributed by atoms with E-state index in [1.165, 1.54) is 122 Å². The third kappa shape index (κ3) is 33.9. The summed E-state index contributed by atoms with van der Waals surface area (Å²) in [5.41, 5.74) is 0. The average Bonchev–Trinajstić information content (AvgIpc) is 2.62. The van der Waals surface area contributed by atoms with E-state index < -0.39 is 0 Å². The molecule has 0 unspecified atom stereocenters. The minimum absolute atomic E-state index is 1.26. The molecule has 0 fully saturated rings. The molecule has 0 spiro atoms. The van der Waals surface area contributed by atoms with Crippen LogP contribution in [0.2, 0.25) is 0 Å². The summed E-state index contributed by atoms with van der Waals surface area (Å²) in [6, 6.07) is 0. The van der Waals surface area contributed by atoms with Crippen molar-refractivity contribution in [2.75, 3.05) is 41.3 Å². The van der Waals surface area contributed by atoms with E-state index in [0.717, 1.165) is 0 Å². The van der Waals surface area contributed by atoms with E-state index in [-0.39, 0.29) is 0 Å². The van der Waals surface area contributed by atoms with Gasteiger partial charge in [0, 0.05) is 0 Å². The summed E-state index contributed by atoms with van der Waals surface area (Å²) in [7, 11) is 8.62. The first-order valence-electron chi connectivity index (χ1n) is 12.3. The Hall–Kier alpha value is -0.0800. The van der Waals surface area contributed by atoms with Crippen LogP contribution in [0.25, 0.3) is 0 Å². The minimum Gasteiger partial charge on any atom is -0.309 e. The van der Waals surface area contributed by atoms with Gasteiger partial charge in [-0.2, -0.15) is 0 Å². The SMILES string of the molecule is CCCCCCCCCCCN(C)C.CCCCCCCCCCN(C)C. The molecule has 0 aliphatic heterocycles. The van der Waals surface area contributed by atoms with Gasteiger partial charge in [-0.1, -0.05) is 110 Å². The van der Waals surface area contributed by atoms with Gasteiger partial charge in [0.2, 0.25) is 0 Å². The first-order chi connectivity index (χ1) is 13.0. The molecular weight excluding hydrogens is 328 g/mol. The largest absolute Gasteiger partial charge is 0.309 e. The maximum absolute atomic E-state index is 2.28. The first-order valence-corrected chi connectivity index (χ1v) is 12.3. The lowest BCUT2D eigenvalue weighted by molar-refractivity contribution is 0.389. The van der Waals surface area contributed by atoms with Crippen molar-refractivity contribution in [2.45, 2.75) is 123 Å². The van der Waals surface area contributed by atoms with Crippen LogP contribution in [-0.4, -0.2) is 51.1 Å². The summed E-state index contributed by atoms with van der Waals surface area (Å²) in [6.07, 6.45) is 24.3. The van der Waals surface area contributed by atoms with E-state index in [1.807, 2.05) is 0 Å². The topological polar surface area (TPSA) is 6.48 Å². The van der Waals surface area contributed by atoms with Crippen LogP contribution in [0, 0.1) is 0 Å². The molecule has 0 aliphatic rings. The molecule has 166 valence electrons. The highest BCUT2D eigenvalue weighted by Crippen LogP contribution is 2.09. The predicted molar refractivity (Wildman–Crippen MR) is 127 cm³/mol. The number of hydrogen-bond donors (Lipinski definition) is 0. The molecular formula is C25H56N2. The van der Waals surface area contributed by atoms with Crippen LogP contribution in [0.4, 0.5) is 0 Å². The molecule has 0 amide bonds. The van der Waals surface area contributed by atoms with Gasteiger partial charge in [0.05, 0.1) is 0 Å². The standard InChI is InChI=1S/C13H29N.C12H27N/c1-4-5-6-7-8-9-10-11-12-13-14(2)3;1-4-5-6-7-8-9-10-11-12-13(2)3/h4-13H2,1-3H3;4-12H2,1-3H3. The van der Waals surface area contributed by atoms with E-state index >= 15 is 0 Å². The quantitative estimate of drug-likeness (QED) is 0.210. The Kier molecular flexibility index (Phi) is 28.0. The van der Waals surface area contributed by atoms with Crippen LogP contribution in [0.5, 0.6) is 0 Å². The number of nitrogens with zero attached hydrogens (tertiary/aromatic N) is 2. The molecule has 0 rings (SSSR count). The maximum atomic E-state index is 2.28. The Bertz CT molecular complexity index is 238. The summed E-state index contributed by atoms with van der Waals surface area (Å²) < 4.78 is 0. The molecule has 0 heterocycles. The fraction of sp³-hybridized carbons (Fsp3) is 1.00. The van der Waals surface area contributed by atoms with E-state index in [0.29, 0.717) is 0 Å². The number of hydrogen-bond acceptors (Lipinski definition) is 2. The highest BCUT2D eigenvalue weighted by Gasteiger charge is 1.93. The van der Waals surface area contributed by atoms with Crippen molar-refractivity contribution in [3.63, 3.8) is 0 Å². The lowest BCUT2D eigenvalue weighted by atomic mass is 10.1. The molecule has 27 heavy (non-hydrogen) atoms. The second kappa shape index (κ2) is 25.9. The van der Waals surface area contributed by atoms with Crippen molar-refractivity contribution in [1.29, 1.82) is 0 Å². The normalized spacial score (nSPS) is 11.1. The molecule has 0 aromatic carbocycles. The molecule has 0 N–H and O–H groups in total. The molecule has 0 saturated carbocycles. The number of rotatable bonds is 19. The molecule has 0 aromatic heterocycles. The molecule has 0 aromatic rings. The molecule has 0 radical (unpaired) electrons. The predicted octanol–water partition coefficient (Wildman–Crippen LogP) is 7.77. The van der Waals surface area contributed by atoms with Crippen LogP contribution >= 0.6 is 0 Å². The molecule has 2 nitrogen and oxygen atoms in total. The minimum atomic E-state index is 1.26. The average molecular weight is 385 g/mol. The van der Waals surface area contributed by atoms with Gasteiger partial charge in [-0.05, 0) is 54.1 Å². The second-order valence-electron chi connectivity index (χ2n) is 8.91. The Morgan fingerprint density at radius 3 is 0.778 bits per heavy atom. The van der Waals surface area contributed by atoms with Crippen LogP contribution in [0.1, 0.15) is 123 Å². The van der Waals surface area contributed by atoms with Crippen LogP contribution in [-0.2, 0) is 0 Å². The summed E-state index contributed by atoms with van der Waals surface area (Å²) >= 11 is 0. The summed E-state index contributed by atoms with van der Waals surface area (Å²) in [6.45, 7) is 7.07.